The van der Waals surface area contributed by atoms with Crippen LogP contribution in [0.3, 0.4) is 0 Å². The lowest BCUT2D eigenvalue weighted by atomic mass is 9.93. The van der Waals surface area contributed by atoms with Crippen molar-refractivity contribution in [3.05, 3.63) is 40.6 Å². The topological polar surface area (TPSA) is 88.3 Å². The van der Waals surface area contributed by atoms with Crippen molar-refractivity contribution < 1.29 is 10.0 Å². The molecule has 0 amide bonds. The number of nitrogens with one attached hydrogen (secondary N) is 1. The highest BCUT2D eigenvalue weighted by Gasteiger charge is 2.26. The van der Waals surface area contributed by atoms with Gasteiger partial charge in [-0.1, -0.05) is 13.8 Å². The summed E-state index contributed by atoms with van der Waals surface area (Å²) in [5.41, 5.74) is 0.658. The van der Waals surface area contributed by atoms with Crippen LogP contribution in [0.25, 0.3) is 10.9 Å². The van der Waals surface area contributed by atoms with E-state index >= 15 is 0 Å². The van der Waals surface area contributed by atoms with Gasteiger partial charge in [-0.05, 0) is 31.0 Å². The van der Waals surface area contributed by atoms with Gasteiger partial charge in [-0.15, -0.1) is 0 Å². The van der Waals surface area contributed by atoms with E-state index in [9.17, 15) is 15.2 Å². The minimum atomic E-state index is -0.432. The van der Waals surface area contributed by atoms with E-state index in [1.54, 1.807) is 18.2 Å². The quantitative estimate of drug-likeness (QED) is 0.630. The molecule has 6 nitrogen and oxygen atoms in total. The SMILES string of the molecule is CCC(CC)(CO)Nc1ccc([N+](=O)[O-])c2ncccc12. The zero-order valence-electron chi connectivity index (χ0n) is 12.2. The van der Waals surface area contributed by atoms with Gasteiger partial charge in [-0.2, -0.15) is 0 Å². The molecule has 0 bridgehead atoms. The summed E-state index contributed by atoms with van der Waals surface area (Å²) < 4.78 is 0. The number of anilines is 1. The van der Waals surface area contributed by atoms with E-state index < -0.39 is 10.5 Å². The molecule has 0 aliphatic carbocycles. The Morgan fingerprint density at radius 1 is 1.33 bits per heavy atom. The van der Waals surface area contributed by atoms with Gasteiger partial charge in [0.15, 0.2) is 0 Å². The fourth-order valence-corrected chi connectivity index (χ4v) is 2.39. The first-order valence-electron chi connectivity index (χ1n) is 6.98. The van der Waals surface area contributed by atoms with E-state index in [0.29, 0.717) is 10.9 Å². The summed E-state index contributed by atoms with van der Waals surface area (Å²) in [7, 11) is 0. The van der Waals surface area contributed by atoms with Crippen LogP contribution in [0.2, 0.25) is 0 Å². The highest BCUT2D eigenvalue weighted by atomic mass is 16.6. The number of hydrogen-bond donors (Lipinski definition) is 2. The van der Waals surface area contributed by atoms with E-state index in [4.69, 9.17) is 0 Å². The molecular formula is C15H19N3O3. The van der Waals surface area contributed by atoms with Crippen molar-refractivity contribution in [3.8, 4) is 0 Å². The third-order valence-corrected chi connectivity index (χ3v) is 4.00. The van der Waals surface area contributed by atoms with Crippen LogP contribution < -0.4 is 5.32 Å². The number of aromatic nitrogens is 1. The monoisotopic (exact) mass is 289 g/mol. The number of non-ortho nitro benzene ring substituents is 1. The molecule has 0 unspecified atom stereocenters. The molecule has 0 radical (unpaired) electrons. The summed E-state index contributed by atoms with van der Waals surface area (Å²) in [5.74, 6) is 0. The number of nitro groups is 1. The van der Waals surface area contributed by atoms with Crippen LogP contribution in [0.1, 0.15) is 26.7 Å². The van der Waals surface area contributed by atoms with Crippen LogP contribution in [0, 0.1) is 10.1 Å². The molecule has 112 valence electrons. The number of benzene rings is 1. The second-order valence-electron chi connectivity index (χ2n) is 5.06. The normalized spacial score (nSPS) is 11.6. The van der Waals surface area contributed by atoms with Crippen molar-refractivity contribution in [2.75, 3.05) is 11.9 Å². The van der Waals surface area contributed by atoms with Gasteiger partial charge in [0.05, 0.1) is 17.1 Å². The number of nitro benzene ring substituents is 1. The average molecular weight is 289 g/mol. The molecule has 0 atom stereocenters. The Kier molecular flexibility index (Phi) is 4.37. The van der Waals surface area contributed by atoms with Crippen LogP contribution >= 0.6 is 0 Å². The molecule has 0 aliphatic rings. The molecule has 0 spiro atoms. The molecule has 0 saturated carbocycles. The van der Waals surface area contributed by atoms with Crippen molar-refractivity contribution in [2.24, 2.45) is 0 Å². The summed E-state index contributed by atoms with van der Waals surface area (Å²) in [6, 6.07) is 6.67. The van der Waals surface area contributed by atoms with Gasteiger partial charge < -0.3 is 10.4 Å². The highest BCUT2D eigenvalue weighted by molar-refractivity contribution is 5.97. The van der Waals surface area contributed by atoms with Crippen LogP contribution in [0.15, 0.2) is 30.5 Å². The zero-order chi connectivity index (χ0) is 15.5. The number of pyridine rings is 1. The standard InChI is InChI=1S/C15H19N3O3/c1-3-15(4-2,10-19)17-12-7-8-13(18(20)21)14-11(12)6-5-9-16-14/h5-9,17,19H,3-4,10H2,1-2H3. The fraction of sp³-hybridized carbons (Fsp3) is 0.400. The fourth-order valence-electron chi connectivity index (χ4n) is 2.39. The van der Waals surface area contributed by atoms with Crippen LogP contribution in [0.5, 0.6) is 0 Å². The predicted octanol–water partition coefficient (Wildman–Crippen LogP) is 3.11. The molecule has 2 rings (SSSR count). The zero-order valence-corrected chi connectivity index (χ0v) is 12.2. The van der Waals surface area contributed by atoms with Gasteiger partial charge >= 0.3 is 0 Å². The van der Waals surface area contributed by atoms with E-state index in [1.807, 2.05) is 13.8 Å². The van der Waals surface area contributed by atoms with Crippen LogP contribution in [-0.2, 0) is 0 Å². The van der Waals surface area contributed by atoms with Crippen molar-refractivity contribution in [1.82, 2.24) is 4.98 Å². The Morgan fingerprint density at radius 3 is 2.62 bits per heavy atom. The molecule has 6 heteroatoms. The Balaban J connectivity index is 2.56. The molecule has 0 aliphatic heterocycles. The van der Waals surface area contributed by atoms with Gasteiger partial charge in [0.25, 0.3) is 5.69 Å². The maximum atomic E-state index is 11.1. The molecule has 1 heterocycles. The molecule has 21 heavy (non-hydrogen) atoms. The van der Waals surface area contributed by atoms with Crippen molar-refractivity contribution in [1.29, 1.82) is 0 Å². The van der Waals surface area contributed by atoms with E-state index in [0.717, 1.165) is 18.5 Å². The summed E-state index contributed by atoms with van der Waals surface area (Å²) in [4.78, 5) is 14.8. The first kappa shape index (κ1) is 15.2. The van der Waals surface area contributed by atoms with Crippen LogP contribution in [0.4, 0.5) is 11.4 Å². The van der Waals surface area contributed by atoms with E-state index in [-0.39, 0.29) is 12.3 Å². The maximum Gasteiger partial charge on any atom is 0.295 e. The van der Waals surface area contributed by atoms with Gasteiger partial charge in [0.2, 0.25) is 0 Å². The van der Waals surface area contributed by atoms with Gasteiger partial charge in [0, 0.05) is 23.3 Å². The lowest BCUT2D eigenvalue weighted by Gasteiger charge is -2.32. The number of rotatable bonds is 6. The molecule has 2 N–H and O–H groups in total. The molecule has 1 aromatic carbocycles. The molecule has 0 saturated heterocycles. The van der Waals surface area contributed by atoms with E-state index in [2.05, 4.69) is 10.3 Å². The first-order chi connectivity index (χ1) is 10.1. The van der Waals surface area contributed by atoms with Crippen LogP contribution in [-0.4, -0.2) is 27.2 Å². The summed E-state index contributed by atoms with van der Waals surface area (Å²) in [6.45, 7) is 4.00. The molecule has 1 aromatic heterocycles. The van der Waals surface area contributed by atoms with Crippen molar-refractivity contribution in [3.63, 3.8) is 0 Å². The van der Waals surface area contributed by atoms with Crippen molar-refractivity contribution >= 4 is 22.3 Å². The third kappa shape index (κ3) is 2.80. The van der Waals surface area contributed by atoms with Gasteiger partial charge in [0.1, 0.15) is 5.52 Å². The molecule has 0 fully saturated rings. The second-order valence-corrected chi connectivity index (χ2v) is 5.06. The third-order valence-electron chi connectivity index (χ3n) is 4.00. The molecule has 2 aromatic rings. The molecular weight excluding hydrogens is 270 g/mol. The van der Waals surface area contributed by atoms with E-state index in [1.165, 1.54) is 12.3 Å². The highest BCUT2D eigenvalue weighted by Crippen LogP contribution is 2.32. The Labute approximate surface area is 123 Å². The van der Waals surface area contributed by atoms with Crippen molar-refractivity contribution in [2.45, 2.75) is 32.2 Å². The lowest BCUT2D eigenvalue weighted by molar-refractivity contribution is -0.383. The number of aliphatic hydroxyl groups excluding tert-OH is 1. The number of hydrogen-bond acceptors (Lipinski definition) is 5. The Bertz CT molecular complexity index is 645. The summed E-state index contributed by atoms with van der Waals surface area (Å²) >= 11 is 0. The summed E-state index contributed by atoms with van der Waals surface area (Å²) in [5, 5.41) is 24.8. The Hall–Kier alpha value is -2.21. The number of nitrogens with zero attached hydrogens (tertiary/aromatic N) is 2. The second kappa shape index (κ2) is 6.05. The van der Waals surface area contributed by atoms with Gasteiger partial charge in [-0.25, -0.2) is 4.98 Å². The smallest absolute Gasteiger partial charge is 0.295 e. The number of fused-ring (bicyclic) bond motifs is 1. The van der Waals surface area contributed by atoms with Gasteiger partial charge in [-0.3, -0.25) is 10.1 Å². The maximum absolute atomic E-state index is 11.1. The predicted molar refractivity (Wildman–Crippen MR) is 82.4 cm³/mol. The first-order valence-corrected chi connectivity index (χ1v) is 6.98. The minimum absolute atomic E-state index is 0.00125. The average Bonchev–Trinajstić information content (AvgIpc) is 2.52. The number of aliphatic hydroxyl groups is 1. The largest absolute Gasteiger partial charge is 0.394 e. The minimum Gasteiger partial charge on any atom is -0.394 e. The Morgan fingerprint density at radius 2 is 2.05 bits per heavy atom. The lowest BCUT2D eigenvalue weighted by Crippen LogP contribution is -2.40. The summed E-state index contributed by atoms with van der Waals surface area (Å²) in [6.07, 6.45) is 3.04.